The summed E-state index contributed by atoms with van der Waals surface area (Å²) in [5, 5.41) is 11.8. The van der Waals surface area contributed by atoms with Crippen LogP contribution in [0, 0.1) is 5.92 Å². The van der Waals surface area contributed by atoms with E-state index in [1.807, 2.05) is 4.68 Å². The molecule has 5 heteroatoms. The van der Waals surface area contributed by atoms with E-state index in [2.05, 4.69) is 21.8 Å². The average molecular weight is 264 g/mol. The molecule has 3 rings (SSSR count). The number of aryl methyl sites for hydroxylation is 1. The molecule has 2 heterocycles. The summed E-state index contributed by atoms with van der Waals surface area (Å²) in [6.07, 6.45) is 10.1. The minimum Gasteiger partial charge on any atom is -0.378 e. The van der Waals surface area contributed by atoms with Crippen LogP contribution in [-0.2, 0) is 17.8 Å². The zero-order valence-electron chi connectivity index (χ0n) is 11.6. The molecule has 0 spiro atoms. The molecular formula is C14H24N4O. The van der Waals surface area contributed by atoms with Crippen molar-refractivity contribution in [3.63, 3.8) is 0 Å². The Morgan fingerprint density at radius 2 is 2.32 bits per heavy atom. The third kappa shape index (κ3) is 4.28. The Morgan fingerprint density at radius 1 is 1.37 bits per heavy atom. The minimum absolute atomic E-state index is 0.489. The quantitative estimate of drug-likeness (QED) is 0.777. The van der Waals surface area contributed by atoms with Crippen LogP contribution in [0.2, 0.25) is 0 Å². The smallest absolute Gasteiger partial charge is 0.0964 e. The van der Waals surface area contributed by atoms with Crippen molar-refractivity contribution in [2.24, 2.45) is 5.92 Å². The lowest BCUT2D eigenvalue weighted by atomic mass is 10.1. The van der Waals surface area contributed by atoms with Gasteiger partial charge in [0.2, 0.25) is 0 Å². The molecule has 1 unspecified atom stereocenters. The van der Waals surface area contributed by atoms with Crippen molar-refractivity contribution >= 4 is 0 Å². The minimum atomic E-state index is 0.489. The summed E-state index contributed by atoms with van der Waals surface area (Å²) in [4.78, 5) is 0. The fourth-order valence-electron chi connectivity index (χ4n) is 2.61. The molecule has 19 heavy (non-hydrogen) atoms. The van der Waals surface area contributed by atoms with Gasteiger partial charge in [-0.1, -0.05) is 5.21 Å². The summed E-state index contributed by atoms with van der Waals surface area (Å²) in [7, 11) is 0. The van der Waals surface area contributed by atoms with E-state index >= 15 is 0 Å². The van der Waals surface area contributed by atoms with Crippen molar-refractivity contribution in [2.45, 2.75) is 57.7 Å². The Labute approximate surface area is 114 Å². The van der Waals surface area contributed by atoms with Gasteiger partial charge < -0.3 is 10.1 Å². The van der Waals surface area contributed by atoms with E-state index in [4.69, 9.17) is 4.74 Å². The number of nitrogens with zero attached hydrogens (tertiary/aromatic N) is 3. The molecule has 5 nitrogen and oxygen atoms in total. The number of aromatic nitrogens is 3. The Bertz CT molecular complexity index is 383. The normalized spacial score (nSPS) is 23.1. The summed E-state index contributed by atoms with van der Waals surface area (Å²) in [6, 6.07) is 0. The molecule has 1 atom stereocenters. The Hall–Kier alpha value is -0.940. The van der Waals surface area contributed by atoms with Crippen LogP contribution in [0.1, 0.15) is 44.2 Å². The number of hydrogen-bond acceptors (Lipinski definition) is 4. The van der Waals surface area contributed by atoms with E-state index in [9.17, 15) is 0 Å². The summed E-state index contributed by atoms with van der Waals surface area (Å²) in [5.41, 5.74) is 1.05. The molecule has 1 aromatic heterocycles. The predicted octanol–water partition coefficient (Wildman–Crippen LogP) is 1.74. The average Bonchev–Trinajstić information content (AvgIpc) is 2.91. The van der Waals surface area contributed by atoms with Gasteiger partial charge in [0.05, 0.1) is 11.8 Å². The first kappa shape index (κ1) is 13.1. The van der Waals surface area contributed by atoms with Crippen molar-refractivity contribution in [3.8, 4) is 0 Å². The Morgan fingerprint density at radius 3 is 3.11 bits per heavy atom. The second-order valence-corrected chi connectivity index (χ2v) is 5.82. The maximum atomic E-state index is 5.62. The van der Waals surface area contributed by atoms with Gasteiger partial charge in [0.1, 0.15) is 0 Å². The van der Waals surface area contributed by atoms with Gasteiger partial charge in [-0.3, -0.25) is 4.68 Å². The number of rotatable bonds is 8. The SMILES string of the molecule is c1c(CNCC2CC2)nnn1CCCC1CCCO1. The molecule has 1 aliphatic carbocycles. The first-order chi connectivity index (χ1) is 9.40. The summed E-state index contributed by atoms with van der Waals surface area (Å²) in [5.74, 6) is 0.918. The van der Waals surface area contributed by atoms with E-state index < -0.39 is 0 Å². The predicted molar refractivity (Wildman–Crippen MR) is 72.7 cm³/mol. The van der Waals surface area contributed by atoms with Gasteiger partial charge in [-0.2, -0.15) is 0 Å². The van der Waals surface area contributed by atoms with Crippen molar-refractivity contribution in [1.29, 1.82) is 0 Å². The van der Waals surface area contributed by atoms with Gasteiger partial charge in [-0.15, -0.1) is 5.10 Å². The first-order valence-corrected chi connectivity index (χ1v) is 7.61. The molecule has 0 amide bonds. The van der Waals surface area contributed by atoms with E-state index in [1.54, 1.807) is 0 Å². The lowest BCUT2D eigenvalue weighted by Crippen LogP contribution is -2.16. The summed E-state index contributed by atoms with van der Waals surface area (Å²) < 4.78 is 7.58. The zero-order chi connectivity index (χ0) is 12.9. The third-order valence-electron chi connectivity index (χ3n) is 3.96. The van der Waals surface area contributed by atoms with Crippen LogP contribution in [-0.4, -0.2) is 34.2 Å². The van der Waals surface area contributed by atoms with Gasteiger partial charge in [-0.25, -0.2) is 0 Å². The van der Waals surface area contributed by atoms with Crippen LogP contribution in [0.15, 0.2) is 6.20 Å². The largest absolute Gasteiger partial charge is 0.378 e. The van der Waals surface area contributed by atoms with Gasteiger partial charge >= 0.3 is 0 Å². The zero-order valence-corrected chi connectivity index (χ0v) is 11.6. The Kier molecular flexibility index (Phi) is 4.45. The van der Waals surface area contributed by atoms with Crippen LogP contribution < -0.4 is 5.32 Å². The monoisotopic (exact) mass is 264 g/mol. The maximum absolute atomic E-state index is 5.62. The molecule has 1 aromatic rings. The highest BCUT2D eigenvalue weighted by Gasteiger charge is 2.20. The lowest BCUT2D eigenvalue weighted by Gasteiger charge is -2.08. The topological polar surface area (TPSA) is 52.0 Å². The summed E-state index contributed by atoms with van der Waals surface area (Å²) in [6.45, 7) is 3.88. The van der Waals surface area contributed by atoms with Crippen molar-refractivity contribution < 1.29 is 4.74 Å². The molecule has 1 aliphatic heterocycles. The maximum Gasteiger partial charge on any atom is 0.0964 e. The van der Waals surface area contributed by atoms with Crippen LogP contribution in [0.3, 0.4) is 0 Å². The van der Waals surface area contributed by atoms with Gasteiger partial charge in [0.25, 0.3) is 0 Å². The van der Waals surface area contributed by atoms with E-state index in [1.165, 1.54) is 25.7 Å². The molecule has 1 saturated carbocycles. The molecule has 2 fully saturated rings. The number of nitrogens with one attached hydrogen (secondary N) is 1. The fraction of sp³-hybridized carbons (Fsp3) is 0.857. The number of ether oxygens (including phenoxy) is 1. The van der Waals surface area contributed by atoms with E-state index in [0.717, 1.165) is 50.7 Å². The molecule has 1 N–H and O–H groups in total. The highest BCUT2D eigenvalue weighted by Crippen LogP contribution is 2.27. The highest BCUT2D eigenvalue weighted by molar-refractivity contribution is 4.92. The summed E-state index contributed by atoms with van der Waals surface area (Å²) >= 11 is 0. The van der Waals surface area contributed by atoms with Gasteiger partial charge in [0.15, 0.2) is 0 Å². The van der Waals surface area contributed by atoms with Crippen molar-refractivity contribution in [3.05, 3.63) is 11.9 Å². The van der Waals surface area contributed by atoms with Crippen LogP contribution in [0.4, 0.5) is 0 Å². The fourth-order valence-corrected chi connectivity index (χ4v) is 2.61. The second-order valence-electron chi connectivity index (χ2n) is 5.82. The molecule has 0 radical (unpaired) electrons. The standard InChI is InChI=1S/C14H24N4O/c1(3-14-4-2-8-19-14)7-18-11-13(16-17-18)10-15-9-12-5-6-12/h11-12,14-15H,1-10H2. The molecule has 2 aliphatic rings. The van der Waals surface area contributed by atoms with Crippen LogP contribution >= 0.6 is 0 Å². The molecule has 1 saturated heterocycles. The van der Waals surface area contributed by atoms with Gasteiger partial charge in [0, 0.05) is 25.9 Å². The van der Waals surface area contributed by atoms with E-state index in [-0.39, 0.29) is 0 Å². The van der Waals surface area contributed by atoms with Crippen molar-refractivity contribution in [1.82, 2.24) is 20.3 Å². The van der Waals surface area contributed by atoms with Crippen LogP contribution in [0.25, 0.3) is 0 Å². The lowest BCUT2D eigenvalue weighted by molar-refractivity contribution is 0.101. The molecular weight excluding hydrogens is 240 g/mol. The molecule has 0 aromatic carbocycles. The second kappa shape index (κ2) is 6.48. The highest BCUT2D eigenvalue weighted by atomic mass is 16.5. The molecule has 106 valence electrons. The number of hydrogen-bond donors (Lipinski definition) is 1. The Balaban J connectivity index is 1.32. The first-order valence-electron chi connectivity index (χ1n) is 7.61. The third-order valence-corrected chi connectivity index (χ3v) is 3.96. The van der Waals surface area contributed by atoms with Crippen molar-refractivity contribution in [2.75, 3.05) is 13.2 Å². The van der Waals surface area contributed by atoms with Gasteiger partial charge in [-0.05, 0) is 51.0 Å². The van der Waals surface area contributed by atoms with Crippen LogP contribution in [0.5, 0.6) is 0 Å². The van der Waals surface area contributed by atoms with E-state index in [0.29, 0.717) is 6.10 Å². The molecule has 0 bridgehead atoms.